The smallest absolute Gasteiger partial charge is 0.307 e. The highest BCUT2D eigenvalue weighted by atomic mass is 32.1. The van der Waals surface area contributed by atoms with Gasteiger partial charge in [-0.05, 0) is 12.3 Å². The first-order chi connectivity index (χ1) is 8.49. The molecule has 0 aliphatic carbocycles. The third-order valence-corrected chi connectivity index (χ3v) is 3.55. The van der Waals surface area contributed by atoms with Gasteiger partial charge in [-0.1, -0.05) is 33.6 Å². The van der Waals surface area contributed by atoms with Crippen LogP contribution in [0.2, 0.25) is 0 Å². The van der Waals surface area contributed by atoms with Crippen LogP contribution in [0, 0.1) is 17.8 Å². The summed E-state index contributed by atoms with van der Waals surface area (Å²) in [5.74, 6) is -1.51. The zero-order valence-corrected chi connectivity index (χ0v) is 12.4. The van der Waals surface area contributed by atoms with Crippen LogP contribution in [0.1, 0.15) is 40.0 Å². The van der Waals surface area contributed by atoms with Gasteiger partial charge in [-0.3, -0.25) is 9.59 Å². The first-order valence-electron chi connectivity index (χ1n) is 6.60. The number of hydrogen-bond donors (Lipinski definition) is 3. The standard InChI is InChI=1S/C13H25NO3S/c1-4-6-10(12(15)14-7-8-18)11(13(16)17)9(3)5-2/h9-11,18H,4-8H2,1-3H3,(H,14,15)(H,16,17). The van der Waals surface area contributed by atoms with Gasteiger partial charge < -0.3 is 10.4 Å². The quantitative estimate of drug-likeness (QED) is 0.565. The van der Waals surface area contributed by atoms with E-state index in [1.165, 1.54) is 0 Å². The molecule has 0 radical (unpaired) electrons. The molecule has 106 valence electrons. The second-order valence-electron chi connectivity index (χ2n) is 4.66. The van der Waals surface area contributed by atoms with Crippen molar-refractivity contribution in [3.05, 3.63) is 0 Å². The lowest BCUT2D eigenvalue weighted by Crippen LogP contribution is -2.41. The molecule has 5 heteroatoms. The fourth-order valence-electron chi connectivity index (χ4n) is 2.16. The molecule has 4 nitrogen and oxygen atoms in total. The maximum atomic E-state index is 12.0. The number of hydrogen-bond acceptors (Lipinski definition) is 3. The van der Waals surface area contributed by atoms with Crippen LogP contribution in [0.15, 0.2) is 0 Å². The molecule has 0 aromatic carbocycles. The molecule has 2 N–H and O–H groups in total. The highest BCUT2D eigenvalue weighted by Crippen LogP contribution is 2.28. The van der Waals surface area contributed by atoms with Crippen molar-refractivity contribution in [1.29, 1.82) is 0 Å². The van der Waals surface area contributed by atoms with Crippen LogP contribution in [0.3, 0.4) is 0 Å². The number of nitrogens with one attached hydrogen (secondary N) is 1. The van der Waals surface area contributed by atoms with Crippen molar-refractivity contribution in [2.75, 3.05) is 12.3 Å². The van der Waals surface area contributed by atoms with Crippen molar-refractivity contribution in [1.82, 2.24) is 5.32 Å². The molecule has 0 spiro atoms. The molecule has 0 fully saturated rings. The SMILES string of the molecule is CCCC(C(=O)NCCS)C(C(=O)O)C(C)CC. The van der Waals surface area contributed by atoms with Gasteiger partial charge in [0.05, 0.1) is 11.8 Å². The van der Waals surface area contributed by atoms with Crippen LogP contribution in [0.5, 0.6) is 0 Å². The monoisotopic (exact) mass is 275 g/mol. The molecule has 0 aliphatic rings. The number of thiol groups is 1. The Morgan fingerprint density at radius 1 is 1.33 bits per heavy atom. The number of carbonyl (C=O) groups is 2. The predicted octanol–water partition coefficient (Wildman–Crippen LogP) is 2.20. The number of aliphatic carboxylic acids is 1. The van der Waals surface area contributed by atoms with Gasteiger partial charge in [0.25, 0.3) is 0 Å². The highest BCUT2D eigenvalue weighted by molar-refractivity contribution is 7.80. The van der Waals surface area contributed by atoms with E-state index in [1.807, 2.05) is 20.8 Å². The molecule has 0 saturated carbocycles. The Balaban J connectivity index is 4.90. The van der Waals surface area contributed by atoms with Gasteiger partial charge in [0.2, 0.25) is 5.91 Å². The van der Waals surface area contributed by atoms with Gasteiger partial charge in [0.15, 0.2) is 0 Å². The molecule has 0 aliphatic heterocycles. The molecule has 18 heavy (non-hydrogen) atoms. The van der Waals surface area contributed by atoms with Gasteiger partial charge in [0, 0.05) is 12.3 Å². The average Bonchev–Trinajstić information content (AvgIpc) is 2.34. The van der Waals surface area contributed by atoms with Gasteiger partial charge in [-0.25, -0.2) is 0 Å². The van der Waals surface area contributed by atoms with Crippen molar-refractivity contribution in [3.8, 4) is 0 Å². The van der Waals surface area contributed by atoms with Crippen LogP contribution in [0.4, 0.5) is 0 Å². The number of amides is 1. The zero-order valence-electron chi connectivity index (χ0n) is 11.5. The molecule has 0 bridgehead atoms. The Bertz CT molecular complexity index is 271. The summed E-state index contributed by atoms with van der Waals surface area (Å²) < 4.78 is 0. The molecule has 1 amide bonds. The molecule has 3 atom stereocenters. The third-order valence-electron chi connectivity index (χ3n) is 3.32. The van der Waals surface area contributed by atoms with Crippen molar-refractivity contribution in [2.24, 2.45) is 17.8 Å². The molecule has 0 aromatic rings. The molecular formula is C13H25NO3S. The summed E-state index contributed by atoms with van der Waals surface area (Å²) >= 11 is 4.04. The molecular weight excluding hydrogens is 250 g/mol. The largest absolute Gasteiger partial charge is 0.481 e. The van der Waals surface area contributed by atoms with Gasteiger partial charge >= 0.3 is 5.97 Å². The Kier molecular flexibility index (Phi) is 8.89. The van der Waals surface area contributed by atoms with E-state index < -0.39 is 17.8 Å². The van der Waals surface area contributed by atoms with E-state index in [4.69, 9.17) is 0 Å². The van der Waals surface area contributed by atoms with Gasteiger partial charge in [0.1, 0.15) is 0 Å². The average molecular weight is 275 g/mol. The minimum atomic E-state index is -0.871. The van der Waals surface area contributed by atoms with E-state index >= 15 is 0 Å². The third kappa shape index (κ3) is 5.29. The molecule has 0 saturated heterocycles. The Morgan fingerprint density at radius 2 is 1.94 bits per heavy atom. The fourth-order valence-corrected chi connectivity index (χ4v) is 2.27. The topological polar surface area (TPSA) is 66.4 Å². The van der Waals surface area contributed by atoms with E-state index in [2.05, 4.69) is 17.9 Å². The van der Waals surface area contributed by atoms with E-state index in [0.29, 0.717) is 18.7 Å². The minimum Gasteiger partial charge on any atom is -0.481 e. The van der Waals surface area contributed by atoms with Gasteiger partial charge in [-0.15, -0.1) is 0 Å². The maximum absolute atomic E-state index is 12.0. The van der Waals surface area contributed by atoms with Crippen LogP contribution < -0.4 is 5.32 Å². The molecule has 0 rings (SSSR count). The van der Waals surface area contributed by atoms with Crippen molar-refractivity contribution in [2.45, 2.75) is 40.0 Å². The second-order valence-corrected chi connectivity index (χ2v) is 5.11. The fraction of sp³-hybridized carbons (Fsp3) is 0.846. The lowest BCUT2D eigenvalue weighted by molar-refractivity contribution is -0.149. The van der Waals surface area contributed by atoms with Crippen molar-refractivity contribution < 1.29 is 14.7 Å². The van der Waals surface area contributed by atoms with Crippen LogP contribution in [0.25, 0.3) is 0 Å². The summed E-state index contributed by atoms with van der Waals surface area (Å²) in [5, 5.41) is 12.1. The molecule has 0 aromatic heterocycles. The molecule has 3 unspecified atom stereocenters. The van der Waals surface area contributed by atoms with Crippen LogP contribution >= 0.6 is 12.6 Å². The van der Waals surface area contributed by atoms with E-state index in [0.717, 1.165) is 12.8 Å². The highest BCUT2D eigenvalue weighted by Gasteiger charge is 2.36. The number of carboxylic acids is 1. The summed E-state index contributed by atoms with van der Waals surface area (Å²) in [6, 6.07) is 0. The Morgan fingerprint density at radius 3 is 2.33 bits per heavy atom. The maximum Gasteiger partial charge on any atom is 0.307 e. The van der Waals surface area contributed by atoms with Crippen LogP contribution in [-0.4, -0.2) is 29.3 Å². The summed E-state index contributed by atoms with van der Waals surface area (Å²) in [6.45, 7) is 6.30. The summed E-state index contributed by atoms with van der Waals surface area (Å²) in [7, 11) is 0. The summed E-state index contributed by atoms with van der Waals surface area (Å²) in [4.78, 5) is 23.4. The predicted molar refractivity (Wildman–Crippen MR) is 75.8 cm³/mol. The summed E-state index contributed by atoms with van der Waals surface area (Å²) in [5.41, 5.74) is 0. The lowest BCUT2D eigenvalue weighted by Gasteiger charge is -2.27. The number of carboxylic acid groups (broad SMARTS) is 1. The van der Waals surface area contributed by atoms with Crippen molar-refractivity contribution in [3.63, 3.8) is 0 Å². The van der Waals surface area contributed by atoms with E-state index in [1.54, 1.807) is 0 Å². The molecule has 0 heterocycles. The summed E-state index contributed by atoms with van der Waals surface area (Å²) in [6.07, 6.45) is 2.18. The Hall–Kier alpha value is -0.710. The first kappa shape index (κ1) is 17.3. The Labute approximate surface area is 115 Å². The van der Waals surface area contributed by atoms with E-state index in [-0.39, 0.29) is 11.8 Å². The lowest BCUT2D eigenvalue weighted by atomic mass is 9.78. The minimum absolute atomic E-state index is 0.000742. The van der Waals surface area contributed by atoms with Crippen LogP contribution in [-0.2, 0) is 9.59 Å². The zero-order chi connectivity index (χ0) is 14.1. The van der Waals surface area contributed by atoms with Gasteiger partial charge in [-0.2, -0.15) is 12.6 Å². The van der Waals surface area contributed by atoms with Crippen molar-refractivity contribution >= 4 is 24.5 Å². The second kappa shape index (κ2) is 9.25. The normalized spacial score (nSPS) is 15.8. The number of carbonyl (C=O) groups excluding carboxylic acids is 1. The number of rotatable bonds is 9. The van der Waals surface area contributed by atoms with E-state index in [9.17, 15) is 14.7 Å². The first-order valence-corrected chi connectivity index (χ1v) is 7.24.